The van der Waals surface area contributed by atoms with Gasteiger partial charge in [0.05, 0.1) is 11.2 Å². The number of fused-ring (bicyclic) bond motifs is 5. The molecule has 1 aliphatic rings. The Bertz CT molecular complexity index is 2970. The zero-order valence-electron chi connectivity index (χ0n) is 28.4. The molecule has 0 atom stereocenters. The maximum Gasteiger partial charge on any atom is 0.0718 e. The molecule has 0 aliphatic heterocycles. The first-order valence-electron chi connectivity index (χ1n) is 17.8. The van der Waals surface area contributed by atoms with Crippen molar-refractivity contribution < 1.29 is 0 Å². The largest absolute Gasteiger partial charge is 0.256 e. The van der Waals surface area contributed by atoms with Gasteiger partial charge in [0.15, 0.2) is 0 Å². The minimum Gasteiger partial charge on any atom is -0.256 e. The van der Waals surface area contributed by atoms with Crippen LogP contribution in [-0.2, 0) is 0 Å². The number of hydrogen-bond acceptors (Lipinski definition) is 2. The van der Waals surface area contributed by atoms with Crippen molar-refractivity contribution in [1.29, 1.82) is 0 Å². The molecule has 1 aliphatic carbocycles. The van der Waals surface area contributed by atoms with Gasteiger partial charge in [-0.2, -0.15) is 0 Å². The number of rotatable bonds is 4. The lowest BCUT2D eigenvalue weighted by Gasteiger charge is -2.19. The SMILES string of the molecule is Cc1ccc2cc(-c3c4c(c(-c5ccc6ccccc6c5)c5cc(-c6ccc(-c7cnc8ccccc8c7)nc6)ccc35)=CCCC=4)ccc2c1. The summed E-state index contributed by atoms with van der Waals surface area (Å²) in [6.45, 7) is 2.16. The number of benzene rings is 7. The molecule has 7 aromatic carbocycles. The summed E-state index contributed by atoms with van der Waals surface area (Å²) in [5, 5.41) is 11.4. The first-order chi connectivity index (χ1) is 25.2. The van der Waals surface area contributed by atoms with E-state index >= 15 is 0 Å². The van der Waals surface area contributed by atoms with E-state index in [1.54, 1.807) is 0 Å². The second-order valence-electron chi connectivity index (χ2n) is 13.8. The van der Waals surface area contributed by atoms with Crippen LogP contribution in [0.3, 0.4) is 0 Å². The normalized spacial score (nSPS) is 12.6. The van der Waals surface area contributed by atoms with Gasteiger partial charge in [0.2, 0.25) is 0 Å². The highest BCUT2D eigenvalue weighted by molar-refractivity contribution is 6.09. The predicted octanol–water partition coefficient (Wildman–Crippen LogP) is 11.4. The van der Waals surface area contributed by atoms with Crippen LogP contribution in [0.1, 0.15) is 18.4 Å². The molecule has 2 heteroatoms. The number of pyridine rings is 2. The van der Waals surface area contributed by atoms with Crippen LogP contribution in [0, 0.1) is 6.92 Å². The molecule has 0 fully saturated rings. The van der Waals surface area contributed by atoms with Crippen LogP contribution >= 0.6 is 0 Å². The summed E-state index contributed by atoms with van der Waals surface area (Å²) >= 11 is 0. The summed E-state index contributed by atoms with van der Waals surface area (Å²) in [6, 6.07) is 51.0. The summed E-state index contributed by atoms with van der Waals surface area (Å²) in [7, 11) is 0. The third kappa shape index (κ3) is 5.11. The standard InChI is InChI=1S/C49H34N2/c1-31-14-15-35-26-38(19-17-34(35)24-31)48-42-11-5-6-12-43(42)49(39-18-16-32-8-2-3-9-33(32)25-39)45-28-36(20-22-44(45)48)40-21-23-47(50-29-40)41-27-37-10-4-7-13-46(37)51-30-41/h2-4,7-30H,5-6H2,1H3. The van der Waals surface area contributed by atoms with Crippen LogP contribution in [0.15, 0.2) is 152 Å². The summed E-state index contributed by atoms with van der Waals surface area (Å²) in [4.78, 5) is 9.62. The Morgan fingerprint density at radius 1 is 0.412 bits per heavy atom. The van der Waals surface area contributed by atoms with Gasteiger partial charge in [-0.25, -0.2) is 0 Å². The molecular weight excluding hydrogens is 617 g/mol. The van der Waals surface area contributed by atoms with Gasteiger partial charge >= 0.3 is 0 Å². The Morgan fingerprint density at radius 2 is 1.00 bits per heavy atom. The maximum absolute atomic E-state index is 4.95. The van der Waals surface area contributed by atoms with Crippen LogP contribution in [0.4, 0.5) is 0 Å². The fourth-order valence-electron chi connectivity index (χ4n) is 8.02. The van der Waals surface area contributed by atoms with Gasteiger partial charge in [0, 0.05) is 28.9 Å². The van der Waals surface area contributed by atoms with Crippen LogP contribution < -0.4 is 10.4 Å². The summed E-state index contributed by atoms with van der Waals surface area (Å²) in [5.74, 6) is 0. The van der Waals surface area contributed by atoms with Gasteiger partial charge in [-0.15, -0.1) is 0 Å². The molecule has 2 aromatic heterocycles. The second-order valence-corrected chi connectivity index (χ2v) is 13.8. The Morgan fingerprint density at radius 3 is 1.78 bits per heavy atom. The molecular formula is C49H34N2. The molecule has 0 N–H and O–H groups in total. The Kier molecular flexibility index (Phi) is 6.89. The minimum absolute atomic E-state index is 0.919. The van der Waals surface area contributed by atoms with E-state index < -0.39 is 0 Å². The summed E-state index contributed by atoms with van der Waals surface area (Å²) < 4.78 is 0. The lowest BCUT2D eigenvalue weighted by atomic mass is 9.84. The Balaban J connectivity index is 1.20. The van der Waals surface area contributed by atoms with Crippen molar-refractivity contribution in [1.82, 2.24) is 9.97 Å². The third-order valence-electron chi connectivity index (χ3n) is 10.6. The number of aromatic nitrogens is 2. The van der Waals surface area contributed by atoms with E-state index in [4.69, 9.17) is 4.98 Å². The first-order valence-corrected chi connectivity index (χ1v) is 17.8. The minimum atomic E-state index is 0.919. The van der Waals surface area contributed by atoms with Crippen LogP contribution in [0.25, 0.3) is 100 Å². The molecule has 0 bridgehead atoms. The van der Waals surface area contributed by atoms with Crippen molar-refractivity contribution in [3.63, 3.8) is 0 Å². The van der Waals surface area contributed by atoms with Crippen molar-refractivity contribution in [3.05, 3.63) is 168 Å². The van der Waals surface area contributed by atoms with Crippen molar-refractivity contribution in [2.24, 2.45) is 0 Å². The van der Waals surface area contributed by atoms with Gasteiger partial charge in [0.25, 0.3) is 0 Å². The van der Waals surface area contributed by atoms with Crippen molar-refractivity contribution in [2.45, 2.75) is 19.8 Å². The zero-order chi connectivity index (χ0) is 33.9. The second kappa shape index (κ2) is 11.9. The highest BCUT2D eigenvalue weighted by Crippen LogP contribution is 2.37. The smallest absolute Gasteiger partial charge is 0.0718 e. The molecule has 10 rings (SSSR count). The van der Waals surface area contributed by atoms with E-state index in [-0.39, 0.29) is 0 Å². The van der Waals surface area contributed by atoms with E-state index in [1.807, 2.05) is 24.5 Å². The average molecular weight is 651 g/mol. The van der Waals surface area contributed by atoms with Gasteiger partial charge in [-0.1, -0.05) is 121 Å². The molecule has 51 heavy (non-hydrogen) atoms. The zero-order valence-corrected chi connectivity index (χ0v) is 28.4. The van der Waals surface area contributed by atoms with Crippen LogP contribution in [0.5, 0.6) is 0 Å². The monoisotopic (exact) mass is 650 g/mol. The molecule has 0 saturated heterocycles. The van der Waals surface area contributed by atoms with Crippen LogP contribution in [-0.4, -0.2) is 9.97 Å². The number of hydrogen-bond donors (Lipinski definition) is 0. The molecule has 0 unspecified atom stereocenters. The summed E-state index contributed by atoms with van der Waals surface area (Å²) in [5.41, 5.74) is 11.6. The lowest BCUT2D eigenvalue weighted by Crippen LogP contribution is -2.31. The molecule has 0 saturated carbocycles. The predicted molar refractivity (Wildman–Crippen MR) is 216 cm³/mol. The average Bonchev–Trinajstić information content (AvgIpc) is 3.19. The molecule has 0 amide bonds. The van der Waals surface area contributed by atoms with Crippen LogP contribution in [0.2, 0.25) is 0 Å². The number of aryl methyl sites for hydroxylation is 1. The van der Waals surface area contributed by atoms with E-state index in [0.29, 0.717) is 0 Å². The number of nitrogens with zero attached hydrogens (tertiary/aromatic N) is 2. The van der Waals surface area contributed by atoms with Crippen molar-refractivity contribution >= 4 is 55.4 Å². The van der Waals surface area contributed by atoms with Gasteiger partial charge in [-0.3, -0.25) is 9.97 Å². The lowest BCUT2D eigenvalue weighted by molar-refractivity contribution is 1.12. The van der Waals surface area contributed by atoms with E-state index in [9.17, 15) is 0 Å². The molecule has 0 radical (unpaired) electrons. The molecule has 240 valence electrons. The maximum atomic E-state index is 4.95. The fraction of sp³-hybridized carbons (Fsp3) is 0.0612. The number of para-hydroxylation sites is 1. The summed E-state index contributed by atoms with van der Waals surface area (Å²) in [6.07, 6.45) is 10.9. The van der Waals surface area contributed by atoms with Gasteiger partial charge in [0.1, 0.15) is 0 Å². The molecule has 2 nitrogen and oxygen atoms in total. The Hall–Kier alpha value is -6.38. The van der Waals surface area contributed by atoms with E-state index in [2.05, 4.69) is 151 Å². The Labute approximate surface area is 296 Å². The van der Waals surface area contributed by atoms with Crippen molar-refractivity contribution in [2.75, 3.05) is 0 Å². The quantitative estimate of drug-likeness (QED) is 0.189. The van der Waals surface area contributed by atoms with Crippen molar-refractivity contribution in [3.8, 4) is 44.6 Å². The fourth-order valence-corrected chi connectivity index (χ4v) is 8.02. The van der Waals surface area contributed by atoms with E-state index in [0.717, 1.165) is 46.1 Å². The van der Waals surface area contributed by atoms with Gasteiger partial charge in [-0.05, 0) is 127 Å². The third-order valence-corrected chi connectivity index (χ3v) is 10.6. The topological polar surface area (TPSA) is 25.8 Å². The first kappa shape index (κ1) is 29.5. The molecule has 2 heterocycles. The molecule has 0 spiro atoms. The highest BCUT2D eigenvalue weighted by Gasteiger charge is 2.18. The van der Waals surface area contributed by atoms with Gasteiger partial charge < -0.3 is 0 Å². The molecule has 9 aromatic rings. The van der Waals surface area contributed by atoms with E-state index in [1.165, 1.54) is 70.6 Å². The highest BCUT2D eigenvalue weighted by atomic mass is 14.7.